The summed E-state index contributed by atoms with van der Waals surface area (Å²) in [5.74, 6) is 0.446. The van der Waals surface area contributed by atoms with Gasteiger partial charge in [-0.1, -0.05) is 11.6 Å². The summed E-state index contributed by atoms with van der Waals surface area (Å²) in [5.41, 5.74) is 6.08. The van der Waals surface area contributed by atoms with E-state index < -0.39 is 6.10 Å². The van der Waals surface area contributed by atoms with E-state index in [0.717, 1.165) is 0 Å². The van der Waals surface area contributed by atoms with Crippen LogP contribution in [0.1, 0.15) is 6.92 Å². The van der Waals surface area contributed by atoms with Crippen molar-refractivity contribution >= 4 is 17.3 Å². The third-order valence-electron chi connectivity index (χ3n) is 1.46. The van der Waals surface area contributed by atoms with Crippen molar-refractivity contribution in [2.75, 3.05) is 5.73 Å². The van der Waals surface area contributed by atoms with E-state index in [2.05, 4.69) is 0 Å². The first kappa shape index (κ1) is 9.69. The maximum Gasteiger partial charge on any atom is 0.181 e. The van der Waals surface area contributed by atoms with Crippen molar-refractivity contribution in [2.45, 2.75) is 13.0 Å². The van der Waals surface area contributed by atoms with Gasteiger partial charge in [-0.2, -0.15) is 5.26 Å². The van der Waals surface area contributed by atoms with E-state index in [4.69, 9.17) is 27.3 Å². The van der Waals surface area contributed by atoms with Gasteiger partial charge in [0.05, 0.1) is 5.69 Å². The Balaban J connectivity index is 2.88. The molecule has 0 radical (unpaired) electrons. The molecule has 0 aromatic heterocycles. The smallest absolute Gasteiger partial charge is 0.181 e. The van der Waals surface area contributed by atoms with Crippen molar-refractivity contribution < 1.29 is 4.74 Å². The van der Waals surface area contributed by atoms with E-state index in [-0.39, 0.29) is 0 Å². The van der Waals surface area contributed by atoms with Crippen LogP contribution >= 0.6 is 11.6 Å². The van der Waals surface area contributed by atoms with Crippen LogP contribution in [0.4, 0.5) is 5.69 Å². The van der Waals surface area contributed by atoms with Gasteiger partial charge in [-0.3, -0.25) is 0 Å². The van der Waals surface area contributed by atoms with Crippen LogP contribution in [-0.4, -0.2) is 6.10 Å². The Kier molecular flexibility index (Phi) is 2.99. The molecule has 13 heavy (non-hydrogen) atoms. The molecule has 3 nitrogen and oxygen atoms in total. The maximum absolute atomic E-state index is 8.51. The van der Waals surface area contributed by atoms with E-state index in [1.165, 1.54) is 0 Å². The summed E-state index contributed by atoms with van der Waals surface area (Å²) in [6, 6.07) is 6.84. The summed E-state index contributed by atoms with van der Waals surface area (Å²) < 4.78 is 5.20. The van der Waals surface area contributed by atoms with Crippen LogP contribution in [0.5, 0.6) is 5.75 Å². The molecule has 0 spiro atoms. The zero-order valence-electron chi connectivity index (χ0n) is 7.12. The molecule has 1 aromatic rings. The fourth-order valence-corrected chi connectivity index (χ4v) is 0.989. The van der Waals surface area contributed by atoms with Crippen LogP contribution in [0, 0.1) is 11.3 Å². The van der Waals surface area contributed by atoms with Crippen molar-refractivity contribution in [2.24, 2.45) is 0 Å². The highest BCUT2D eigenvalue weighted by Gasteiger charge is 2.05. The van der Waals surface area contributed by atoms with E-state index in [0.29, 0.717) is 16.5 Å². The topological polar surface area (TPSA) is 59.0 Å². The van der Waals surface area contributed by atoms with Crippen molar-refractivity contribution in [3.05, 3.63) is 23.2 Å². The van der Waals surface area contributed by atoms with Crippen LogP contribution < -0.4 is 10.5 Å². The van der Waals surface area contributed by atoms with Crippen LogP contribution in [0.3, 0.4) is 0 Å². The molecule has 1 atom stereocenters. The molecule has 68 valence electrons. The van der Waals surface area contributed by atoms with E-state index in [1.54, 1.807) is 25.1 Å². The van der Waals surface area contributed by atoms with Crippen molar-refractivity contribution in [3.8, 4) is 11.8 Å². The SMILES string of the molecule is CC(C#N)Oc1cc(Cl)ccc1N. The fourth-order valence-electron chi connectivity index (χ4n) is 0.827. The van der Waals surface area contributed by atoms with Crippen molar-refractivity contribution in [1.82, 2.24) is 0 Å². The first-order valence-corrected chi connectivity index (χ1v) is 4.12. The number of nitrogens with two attached hydrogens (primary N) is 1. The van der Waals surface area contributed by atoms with Gasteiger partial charge in [-0.15, -0.1) is 0 Å². The van der Waals surface area contributed by atoms with Crippen LogP contribution in [0.15, 0.2) is 18.2 Å². The highest BCUT2D eigenvalue weighted by molar-refractivity contribution is 6.30. The normalized spacial score (nSPS) is 11.8. The average molecular weight is 197 g/mol. The van der Waals surface area contributed by atoms with Gasteiger partial charge in [0.15, 0.2) is 6.10 Å². The number of benzene rings is 1. The lowest BCUT2D eigenvalue weighted by Crippen LogP contribution is -2.09. The van der Waals surface area contributed by atoms with Gasteiger partial charge in [0.25, 0.3) is 0 Å². The summed E-state index contributed by atoms with van der Waals surface area (Å²) in [6.07, 6.45) is -0.527. The predicted octanol–water partition coefficient (Wildman–Crippen LogP) is 2.21. The Hall–Kier alpha value is -1.40. The first-order chi connectivity index (χ1) is 6.13. The van der Waals surface area contributed by atoms with Gasteiger partial charge in [0, 0.05) is 11.1 Å². The van der Waals surface area contributed by atoms with Crippen LogP contribution in [-0.2, 0) is 0 Å². The maximum atomic E-state index is 8.51. The second-order valence-electron chi connectivity index (χ2n) is 2.57. The molecule has 2 N–H and O–H groups in total. The predicted molar refractivity (Wildman–Crippen MR) is 51.6 cm³/mol. The summed E-state index contributed by atoms with van der Waals surface area (Å²) in [7, 11) is 0. The highest BCUT2D eigenvalue weighted by atomic mass is 35.5. The summed E-state index contributed by atoms with van der Waals surface area (Å²) in [6.45, 7) is 1.64. The number of rotatable bonds is 2. The molecule has 0 aliphatic rings. The minimum atomic E-state index is -0.527. The first-order valence-electron chi connectivity index (χ1n) is 3.75. The van der Waals surface area contributed by atoms with Gasteiger partial charge in [0.2, 0.25) is 0 Å². The highest BCUT2D eigenvalue weighted by Crippen LogP contribution is 2.25. The molecule has 0 aliphatic heterocycles. The second-order valence-corrected chi connectivity index (χ2v) is 3.01. The number of hydrogen-bond donors (Lipinski definition) is 1. The fraction of sp³-hybridized carbons (Fsp3) is 0.222. The molecule has 1 aromatic carbocycles. The summed E-state index contributed by atoms with van der Waals surface area (Å²) in [5, 5.41) is 9.04. The molecule has 0 amide bonds. The van der Waals surface area contributed by atoms with Crippen LogP contribution in [0.2, 0.25) is 5.02 Å². The molecule has 0 bridgehead atoms. The number of nitriles is 1. The Morgan fingerprint density at radius 2 is 2.31 bits per heavy atom. The largest absolute Gasteiger partial charge is 0.474 e. The van der Waals surface area contributed by atoms with Gasteiger partial charge >= 0.3 is 0 Å². The zero-order chi connectivity index (χ0) is 9.84. The molecular formula is C9H9ClN2O. The molecular weight excluding hydrogens is 188 g/mol. The van der Waals surface area contributed by atoms with E-state index in [9.17, 15) is 0 Å². The quantitative estimate of drug-likeness (QED) is 0.738. The third kappa shape index (κ3) is 2.53. The lowest BCUT2D eigenvalue weighted by atomic mass is 10.3. The molecule has 0 fully saturated rings. The Labute approximate surface area is 81.7 Å². The monoisotopic (exact) mass is 196 g/mol. The number of anilines is 1. The molecule has 1 unspecified atom stereocenters. The number of nitrogens with zero attached hydrogens (tertiary/aromatic N) is 1. The molecule has 0 saturated heterocycles. The number of halogens is 1. The number of ether oxygens (including phenoxy) is 1. The molecule has 1 rings (SSSR count). The van der Waals surface area contributed by atoms with Crippen molar-refractivity contribution in [3.63, 3.8) is 0 Å². The second kappa shape index (κ2) is 4.01. The molecule has 4 heteroatoms. The van der Waals surface area contributed by atoms with Gasteiger partial charge in [-0.05, 0) is 19.1 Å². The minimum absolute atomic E-state index is 0.446. The Morgan fingerprint density at radius 3 is 2.92 bits per heavy atom. The lowest BCUT2D eigenvalue weighted by molar-refractivity contribution is 0.278. The molecule has 0 aliphatic carbocycles. The summed E-state index contributed by atoms with van der Waals surface area (Å²) >= 11 is 5.72. The summed E-state index contributed by atoms with van der Waals surface area (Å²) in [4.78, 5) is 0. The molecule has 0 saturated carbocycles. The van der Waals surface area contributed by atoms with Gasteiger partial charge in [0.1, 0.15) is 11.8 Å². The molecule has 0 heterocycles. The Bertz CT molecular complexity index is 346. The van der Waals surface area contributed by atoms with Gasteiger partial charge in [-0.25, -0.2) is 0 Å². The third-order valence-corrected chi connectivity index (χ3v) is 1.70. The Morgan fingerprint density at radius 1 is 1.62 bits per heavy atom. The van der Waals surface area contributed by atoms with Gasteiger partial charge < -0.3 is 10.5 Å². The average Bonchev–Trinajstić information content (AvgIpc) is 2.11. The lowest BCUT2D eigenvalue weighted by Gasteiger charge is -2.09. The number of hydrogen-bond acceptors (Lipinski definition) is 3. The zero-order valence-corrected chi connectivity index (χ0v) is 7.88. The minimum Gasteiger partial charge on any atom is -0.474 e. The van der Waals surface area contributed by atoms with Crippen molar-refractivity contribution in [1.29, 1.82) is 5.26 Å². The standard InChI is InChI=1S/C9H9ClN2O/c1-6(5-11)13-9-4-7(10)2-3-8(9)12/h2-4,6H,12H2,1H3. The number of nitrogen functional groups attached to an aromatic ring is 1. The van der Waals surface area contributed by atoms with E-state index in [1.807, 2.05) is 6.07 Å². The van der Waals surface area contributed by atoms with E-state index >= 15 is 0 Å². The van der Waals surface area contributed by atoms with Crippen LogP contribution in [0.25, 0.3) is 0 Å².